The molecule has 154 valence electrons. The molecule has 0 aliphatic rings. The van der Waals surface area contributed by atoms with Gasteiger partial charge in [0.05, 0.1) is 12.7 Å². The van der Waals surface area contributed by atoms with E-state index in [2.05, 4.69) is 15.4 Å². The fourth-order valence-corrected chi connectivity index (χ4v) is 3.71. The Bertz CT molecular complexity index is 1210. The van der Waals surface area contributed by atoms with E-state index in [-0.39, 0.29) is 17.9 Å². The van der Waals surface area contributed by atoms with E-state index in [4.69, 9.17) is 23.2 Å². The van der Waals surface area contributed by atoms with Crippen molar-refractivity contribution in [2.24, 2.45) is 0 Å². The zero-order valence-corrected chi connectivity index (χ0v) is 17.9. The van der Waals surface area contributed by atoms with Crippen molar-refractivity contribution in [1.82, 2.24) is 14.8 Å². The van der Waals surface area contributed by atoms with Gasteiger partial charge in [-0.3, -0.25) is 9.59 Å². The lowest BCUT2D eigenvalue weighted by molar-refractivity contribution is -0.116. The van der Waals surface area contributed by atoms with Gasteiger partial charge < -0.3 is 10.3 Å². The van der Waals surface area contributed by atoms with Crippen LogP contribution >= 0.6 is 23.2 Å². The maximum Gasteiger partial charge on any atom is 0.266 e. The molecule has 0 atom stereocenters. The number of carbonyl (C=O) groups is 1. The Hall–Kier alpha value is -3.08. The third-order valence-corrected chi connectivity index (χ3v) is 5.43. The van der Waals surface area contributed by atoms with Crippen molar-refractivity contribution >= 4 is 34.9 Å². The second-order valence-electron chi connectivity index (χ2n) is 6.83. The van der Waals surface area contributed by atoms with Crippen LogP contribution in [-0.2, 0) is 17.8 Å². The predicted molar refractivity (Wildman–Crippen MR) is 116 cm³/mol. The minimum absolute atomic E-state index is 0.0777. The van der Waals surface area contributed by atoms with Gasteiger partial charge in [-0.2, -0.15) is 10.4 Å². The Morgan fingerprint density at radius 2 is 2.07 bits per heavy atom. The lowest BCUT2D eigenvalue weighted by atomic mass is 9.99. The van der Waals surface area contributed by atoms with E-state index in [0.717, 1.165) is 11.1 Å². The Morgan fingerprint density at radius 3 is 2.77 bits per heavy atom. The summed E-state index contributed by atoms with van der Waals surface area (Å²) >= 11 is 12.2. The number of aromatic nitrogens is 3. The molecule has 0 saturated heterocycles. The van der Waals surface area contributed by atoms with Crippen molar-refractivity contribution in [2.75, 3.05) is 5.32 Å². The maximum absolute atomic E-state index is 12.5. The van der Waals surface area contributed by atoms with Gasteiger partial charge in [0.2, 0.25) is 5.91 Å². The van der Waals surface area contributed by atoms with Crippen LogP contribution in [0.2, 0.25) is 10.0 Å². The van der Waals surface area contributed by atoms with Crippen molar-refractivity contribution in [1.29, 1.82) is 5.26 Å². The third-order valence-electron chi connectivity index (χ3n) is 4.84. The van der Waals surface area contributed by atoms with Gasteiger partial charge in [0, 0.05) is 28.2 Å². The molecule has 0 aliphatic heterocycles. The van der Waals surface area contributed by atoms with Gasteiger partial charge in [-0.1, -0.05) is 29.3 Å². The summed E-state index contributed by atoms with van der Waals surface area (Å²) in [6, 6.07) is 8.83. The molecule has 7 nitrogen and oxygen atoms in total. The topological polar surface area (TPSA) is 104 Å². The summed E-state index contributed by atoms with van der Waals surface area (Å²) in [6.07, 6.45) is 2.17. The average molecular weight is 444 g/mol. The zero-order valence-electron chi connectivity index (χ0n) is 16.4. The van der Waals surface area contributed by atoms with Crippen LogP contribution in [0.4, 0.5) is 5.82 Å². The Kier molecular flexibility index (Phi) is 6.60. The number of hydrogen-bond acceptors (Lipinski definition) is 4. The van der Waals surface area contributed by atoms with Crippen molar-refractivity contribution in [3.8, 4) is 6.07 Å². The summed E-state index contributed by atoms with van der Waals surface area (Å²) in [7, 11) is 0. The molecule has 0 saturated carbocycles. The molecule has 2 N–H and O–H groups in total. The van der Waals surface area contributed by atoms with Crippen molar-refractivity contribution in [3.63, 3.8) is 0 Å². The number of benzene rings is 1. The van der Waals surface area contributed by atoms with Gasteiger partial charge in [0.25, 0.3) is 5.56 Å². The predicted octanol–water partition coefficient (Wildman–Crippen LogP) is 3.99. The molecule has 0 radical (unpaired) electrons. The summed E-state index contributed by atoms with van der Waals surface area (Å²) in [4.78, 5) is 27.0. The number of pyridine rings is 1. The second kappa shape index (κ2) is 9.16. The number of nitrogens with one attached hydrogen (secondary N) is 2. The highest BCUT2D eigenvalue weighted by Crippen LogP contribution is 2.23. The van der Waals surface area contributed by atoms with Crippen molar-refractivity contribution in [2.45, 2.75) is 33.2 Å². The van der Waals surface area contributed by atoms with Crippen LogP contribution in [0.5, 0.6) is 0 Å². The molecule has 0 unspecified atom stereocenters. The first-order chi connectivity index (χ1) is 14.3. The summed E-state index contributed by atoms with van der Waals surface area (Å²) in [5.74, 6) is 0.334. The number of hydrogen-bond donors (Lipinski definition) is 2. The van der Waals surface area contributed by atoms with Crippen LogP contribution in [0, 0.1) is 25.2 Å². The second-order valence-corrected chi connectivity index (χ2v) is 7.67. The number of amides is 1. The number of rotatable bonds is 6. The molecule has 0 aliphatic carbocycles. The molecule has 3 aromatic rings. The molecule has 1 amide bonds. The lowest BCUT2D eigenvalue weighted by Crippen LogP contribution is -2.19. The van der Waals surface area contributed by atoms with E-state index in [9.17, 15) is 14.9 Å². The van der Waals surface area contributed by atoms with Gasteiger partial charge >= 0.3 is 0 Å². The molecule has 0 bridgehead atoms. The smallest absolute Gasteiger partial charge is 0.266 e. The summed E-state index contributed by atoms with van der Waals surface area (Å²) in [5, 5.41) is 17.3. The van der Waals surface area contributed by atoms with Gasteiger partial charge in [-0.05, 0) is 49.1 Å². The number of H-pyrrole nitrogens is 1. The van der Waals surface area contributed by atoms with Crippen LogP contribution in [0.1, 0.15) is 34.4 Å². The normalized spacial score (nSPS) is 10.6. The Morgan fingerprint density at radius 1 is 1.30 bits per heavy atom. The first-order valence-electron chi connectivity index (χ1n) is 9.18. The zero-order chi connectivity index (χ0) is 21.8. The van der Waals surface area contributed by atoms with Gasteiger partial charge in [-0.15, -0.1) is 0 Å². The molecule has 2 heterocycles. The molecule has 0 spiro atoms. The number of anilines is 1. The van der Waals surface area contributed by atoms with Crippen LogP contribution in [0.25, 0.3) is 0 Å². The van der Waals surface area contributed by atoms with Gasteiger partial charge in [-0.25, -0.2) is 4.68 Å². The molecule has 1 aromatic carbocycles. The maximum atomic E-state index is 12.5. The SMILES string of the molecule is Cc1[nH]c(=O)c(C#N)c(C)c1CCC(=O)Nc1ccnn1Cc1ccc(Cl)cc1Cl. The van der Waals surface area contributed by atoms with E-state index >= 15 is 0 Å². The summed E-state index contributed by atoms with van der Waals surface area (Å²) in [6.45, 7) is 3.86. The lowest BCUT2D eigenvalue weighted by Gasteiger charge is -2.12. The minimum atomic E-state index is -0.412. The van der Waals surface area contributed by atoms with E-state index in [1.165, 1.54) is 0 Å². The minimum Gasteiger partial charge on any atom is -0.325 e. The molecule has 0 fully saturated rings. The first kappa shape index (κ1) is 21.6. The number of halogens is 2. The molecular formula is C21H19Cl2N5O2. The molecule has 30 heavy (non-hydrogen) atoms. The van der Waals surface area contributed by atoms with E-state index in [0.29, 0.717) is 40.1 Å². The molecule has 2 aromatic heterocycles. The number of aromatic amines is 1. The largest absolute Gasteiger partial charge is 0.325 e. The fourth-order valence-electron chi connectivity index (χ4n) is 3.24. The van der Waals surface area contributed by atoms with Gasteiger partial charge in [0.15, 0.2) is 0 Å². The van der Waals surface area contributed by atoms with E-state index in [1.807, 2.05) is 12.1 Å². The van der Waals surface area contributed by atoms with Crippen molar-refractivity contribution in [3.05, 3.63) is 78.8 Å². The number of nitrogens with zero attached hydrogens (tertiary/aromatic N) is 3. The van der Waals surface area contributed by atoms with Crippen LogP contribution in [-0.4, -0.2) is 20.7 Å². The van der Waals surface area contributed by atoms with E-state index in [1.54, 1.807) is 42.9 Å². The number of aryl methyl sites for hydroxylation is 1. The van der Waals surface area contributed by atoms with Crippen LogP contribution in [0.15, 0.2) is 35.3 Å². The highest BCUT2D eigenvalue weighted by atomic mass is 35.5. The van der Waals surface area contributed by atoms with E-state index < -0.39 is 5.56 Å². The standard InChI is InChI=1S/C21H19Cl2N5O2/c1-12-16(13(2)26-21(30)17(12)10-24)5-6-20(29)27-19-7-8-25-28(19)11-14-3-4-15(22)9-18(14)23/h3-4,7-9H,5-6,11H2,1-2H3,(H,26,30)(H,27,29). The molecule has 3 rings (SSSR count). The quantitative estimate of drug-likeness (QED) is 0.600. The number of nitriles is 1. The Labute approximate surface area is 183 Å². The molecular weight excluding hydrogens is 425 g/mol. The monoisotopic (exact) mass is 443 g/mol. The Balaban J connectivity index is 1.69. The summed E-state index contributed by atoms with van der Waals surface area (Å²) in [5.41, 5.74) is 2.55. The van der Waals surface area contributed by atoms with Gasteiger partial charge in [0.1, 0.15) is 17.5 Å². The highest BCUT2D eigenvalue weighted by molar-refractivity contribution is 6.35. The average Bonchev–Trinajstić information content (AvgIpc) is 3.10. The number of carbonyl (C=O) groups excluding carboxylic acids is 1. The first-order valence-corrected chi connectivity index (χ1v) is 9.93. The highest BCUT2D eigenvalue weighted by Gasteiger charge is 2.15. The van der Waals surface area contributed by atoms with Crippen LogP contribution in [0.3, 0.4) is 0 Å². The molecule has 9 heteroatoms. The summed E-state index contributed by atoms with van der Waals surface area (Å²) < 4.78 is 1.64. The van der Waals surface area contributed by atoms with Crippen molar-refractivity contribution < 1.29 is 4.79 Å². The van der Waals surface area contributed by atoms with Crippen LogP contribution < -0.4 is 10.9 Å². The third kappa shape index (κ3) is 4.73. The fraction of sp³-hybridized carbons (Fsp3) is 0.238.